The number of hydrogen-bond donors (Lipinski definition) is 2. The van der Waals surface area contributed by atoms with Crippen LogP contribution in [0.3, 0.4) is 0 Å². The van der Waals surface area contributed by atoms with Crippen molar-refractivity contribution < 1.29 is 19.8 Å². The molecule has 0 aliphatic rings. The maximum absolute atomic E-state index is 11.8. The molecule has 6 nitrogen and oxygen atoms in total. The zero-order valence-corrected chi connectivity index (χ0v) is 10.8. The number of aromatic nitrogens is 1. The highest BCUT2D eigenvalue weighted by Gasteiger charge is 2.14. The fourth-order valence-corrected chi connectivity index (χ4v) is 1.90. The standard InChI is InChI=1S/C15H11NO5/c17-13-8-16-5-1-2-10(13)6-9-3-4-11(14(18)19)7-12(9)15(20)21/h1-5,7-8H,6H2,(H,18,19)(H,20,21). The van der Waals surface area contributed by atoms with E-state index < -0.39 is 11.9 Å². The van der Waals surface area contributed by atoms with Gasteiger partial charge in [0.05, 0.1) is 17.3 Å². The third-order valence-corrected chi connectivity index (χ3v) is 2.95. The van der Waals surface area contributed by atoms with Gasteiger partial charge >= 0.3 is 11.9 Å². The van der Waals surface area contributed by atoms with E-state index in [-0.39, 0.29) is 23.0 Å². The first-order valence-corrected chi connectivity index (χ1v) is 6.02. The molecule has 1 aromatic carbocycles. The minimum Gasteiger partial charge on any atom is -0.478 e. The molecule has 0 bridgehead atoms. The number of benzene rings is 1. The molecule has 0 amide bonds. The summed E-state index contributed by atoms with van der Waals surface area (Å²) in [4.78, 5) is 37.7. The summed E-state index contributed by atoms with van der Waals surface area (Å²) in [6, 6.07) is 6.96. The van der Waals surface area contributed by atoms with Gasteiger partial charge in [0.1, 0.15) is 0 Å². The molecular weight excluding hydrogens is 274 g/mol. The first-order valence-electron chi connectivity index (χ1n) is 6.02. The van der Waals surface area contributed by atoms with Crippen molar-refractivity contribution in [3.8, 4) is 0 Å². The lowest BCUT2D eigenvalue weighted by Gasteiger charge is -2.06. The number of nitrogens with zero attached hydrogens (tertiary/aromatic N) is 1. The fourth-order valence-electron chi connectivity index (χ4n) is 1.90. The third kappa shape index (κ3) is 3.30. The molecular formula is C15H11NO5. The Morgan fingerprint density at radius 1 is 1.05 bits per heavy atom. The molecule has 1 heterocycles. The Bertz CT molecular complexity index is 770. The van der Waals surface area contributed by atoms with Crippen molar-refractivity contribution in [2.45, 2.75) is 6.42 Å². The van der Waals surface area contributed by atoms with Crippen molar-refractivity contribution in [2.24, 2.45) is 0 Å². The zero-order chi connectivity index (χ0) is 15.4. The average molecular weight is 285 g/mol. The Hall–Kier alpha value is -3.02. The van der Waals surface area contributed by atoms with E-state index in [1.807, 2.05) is 0 Å². The highest BCUT2D eigenvalue weighted by Crippen LogP contribution is 2.15. The summed E-state index contributed by atoms with van der Waals surface area (Å²) in [6.45, 7) is 0. The molecule has 0 aliphatic heterocycles. The first kappa shape index (κ1) is 14.4. The number of rotatable bonds is 4. The molecule has 0 saturated heterocycles. The summed E-state index contributed by atoms with van der Waals surface area (Å²) >= 11 is 0. The van der Waals surface area contributed by atoms with Crippen molar-refractivity contribution >= 4 is 11.9 Å². The molecule has 2 aromatic rings. The van der Waals surface area contributed by atoms with Gasteiger partial charge in [-0.2, -0.15) is 0 Å². The molecule has 0 fully saturated rings. The van der Waals surface area contributed by atoms with Crippen LogP contribution in [0, 0.1) is 0 Å². The summed E-state index contributed by atoms with van der Waals surface area (Å²) in [5.41, 5.74) is 0.208. The third-order valence-electron chi connectivity index (χ3n) is 2.95. The number of carboxylic acid groups (broad SMARTS) is 2. The van der Waals surface area contributed by atoms with E-state index in [2.05, 4.69) is 4.98 Å². The Labute approximate surface area is 119 Å². The summed E-state index contributed by atoms with van der Waals surface area (Å²) in [6.07, 6.45) is 2.70. The Morgan fingerprint density at radius 3 is 2.48 bits per heavy atom. The molecule has 6 heteroatoms. The molecule has 106 valence electrons. The van der Waals surface area contributed by atoms with Crippen molar-refractivity contribution in [3.63, 3.8) is 0 Å². The van der Waals surface area contributed by atoms with Crippen LogP contribution in [0.5, 0.6) is 0 Å². The van der Waals surface area contributed by atoms with E-state index >= 15 is 0 Å². The lowest BCUT2D eigenvalue weighted by Crippen LogP contribution is -2.10. The van der Waals surface area contributed by atoms with Gasteiger partial charge in [-0.3, -0.25) is 9.78 Å². The van der Waals surface area contributed by atoms with Crippen LogP contribution in [0.1, 0.15) is 31.8 Å². The highest BCUT2D eigenvalue weighted by molar-refractivity contribution is 5.94. The molecule has 0 spiro atoms. The SMILES string of the molecule is O=C(O)c1ccc(Cc2cccncc2=O)c(C(=O)O)c1. The van der Waals surface area contributed by atoms with Gasteiger partial charge in [0.25, 0.3) is 0 Å². The van der Waals surface area contributed by atoms with E-state index in [4.69, 9.17) is 5.11 Å². The lowest BCUT2D eigenvalue weighted by atomic mass is 9.98. The second-order valence-corrected chi connectivity index (χ2v) is 4.33. The summed E-state index contributed by atoms with van der Waals surface area (Å²) < 4.78 is 0. The second-order valence-electron chi connectivity index (χ2n) is 4.33. The Balaban J connectivity index is 2.50. The Morgan fingerprint density at radius 2 is 1.81 bits per heavy atom. The predicted molar refractivity (Wildman–Crippen MR) is 73.7 cm³/mol. The van der Waals surface area contributed by atoms with Crippen LogP contribution in [-0.2, 0) is 6.42 Å². The number of carbonyl (C=O) groups is 2. The fraction of sp³-hybridized carbons (Fsp3) is 0.0667. The maximum atomic E-state index is 11.8. The van der Waals surface area contributed by atoms with Crippen LogP contribution in [-0.4, -0.2) is 27.1 Å². The van der Waals surface area contributed by atoms with Crippen molar-refractivity contribution in [1.82, 2.24) is 4.98 Å². The highest BCUT2D eigenvalue weighted by atomic mass is 16.4. The van der Waals surface area contributed by atoms with Crippen LogP contribution in [0.15, 0.2) is 47.5 Å². The predicted octanol–water partition coefficient (Wildman–Crippen LogP) is 1.43. The van der Waals surface area contributed by atoms with Gasteiger partial charge in [0.2, 0.25) is 0 Å². The second kappa shape index (κ2) is 5.96. The van der Waals surface area contributed by atoms with Gasteiger partial charge in [0.15, 0.2) is 5.43 Å². The smallest absolute Gasteiger partial charge is 0.336 e. The molecule has 2 rings (SSSR count). The molecule has 21 heavy (non-hydrogen) atoms. The van der Waals surface area contributed by atoms with Crippen molar-refractivity contribution in [2.75, 3.05) is 0 Å². The molecule has 0 unspecified atom stereocenters. The van der Waals surface area contributed by atoms with E-state index in [9.17, 15) is 19.5 Å². The van der Waals surface area contributed by atoms with Gasteiger partial charge < -0.3 is 10.2 Å². The van der Waals surface area contributed by atoms with Gasteiger partial charge in [-0.25, -0.2) is 9.59 Å². The van der Waals surface area contributed by atoms with Gasteiger partial charge in [-0.05, 0) is 23.8 Å². The topological polar surface area (TPSA) is 105 Å². The van der Waals surface area contributed by atoms with Crippen LogP contribution >= 0.6 is 0 Å². The summed E-state index contributed by atoms with van der Waals surface area (Å²) in [5, 5.41) is 18.1. The van der Waals surface area contributed by atoms with Crippen LogP contribution in [0.4, 0.5) is 0 Å². The average Bonchev–Trinajstić information content (AvgIpc) is 2.64. The number of carboxylic acids is 2. The molecule has 0 atom stereocenters. The molecule has 0 saturated carbocycles. The largest absolute Gasteiger partial charge is 0.478 e. The van der Waals surface area contributed by atoms with Crippen LogP contribution in [0.25, 0.3) is 0 Å². The summed E-state index contributed by atoms with van der Waals surface area (Å²) in [7, 11) is 0. The van der Waals surface area contributed by atoms with E-state index in [1.54, 1.807) is 12.1 Å². The van der Waals surface area contributed by atoms with Crippen LogP contribution in [0.2, 0.25) is 0 Å². The first-order chi connectivity index (χ1) is 9.99. The zero-order valence-electron chi connectivity index (χ0n) is 10.8. The minimum absolute atomic E-state index is 0.0940. The van der Waals surface area contributed by atoms with E-state index in [1.165, 1.54) is 18.3 Å². The van der Waals surface area contributed by atoms with Crippen molar-refractivity contribution in [1.29, 1.82) is 0 Å². The van der Waals surface area contributed by atoms with E-state index in [0.717, 1.165) is 12.3 Å². The molecule has 2 N–H and O–H groups in total. The van der Waals surface area contributed by atoms with Gasteiger partial charge in [-0.1, -0.05) is 12.1 Å². The number of aromatic carboxylic acids is 2. The molecule has 0 aliphatic carbocycles. The van der Waals surface area contributed by atoms with E-state index in [0.29, 0.717) is 11.1 Å². The van der Waals surface area contributed by atoms with Crippen LogP contribution < -0.4 is 5.43 Å². The van der Waals surface area contributed by atoms with Crippen molar-refractivity contribution in [3.05, 3.63) is 75.2 Å². The normalized spacial score (nSPS) is 10.1. The Kier molecular flexibility index (Phi) is 4.08. The summed E-state index contributed by atoms with van der Waals surface area (Å²) in [5.74, 6) is -2.44. The van der Waals surface area contributed by atoms with Gasteiger partial charge in [0, 0.05) is 18.2 Å². The van der Waals surface area contributed by atoms with Gasteiger partial charge in [-0.15, -0.1) is 0 Å². The lowest BCUT2D eigenvalue weighted by molar-refractivity contribution is 0.0695. The monoisotopic (exact) mass is 285 g/mol. The quantitative estimate of drug-likeness (QED) is 0.880. The minimum atomic E-state index is -1.24. The molecule has 0 radical (unpaired) electrons. The molecule has 1 aromatic heterocycles. The number of hydrogen-bond acceptors (Lipinski definition) is 4. The maximum Gasteiger partial charge on any atom is 0.336 e.